The number of aryl methyl sites for hydroxylation is 1. The molecule has 3 rings (SSSR count). The molecular weight excluding hydrogens is 462 g/mol. The smallest absolute Gasteiger partial charge is 0.226 e. The van der Waals surface area contributed by atoms with Gasteiger partial charge in [-0.2, -0.15) is 0 Å². The molecule has 1 aliphatic carbocycles. The minimum Gasteiger partial charge on any atom is -0.355 e. The summed E-state index contributed by atoms with van der Waals surface area (Å²) in [6, 6.07) is 4.98. The minimum absolute atomic E-state index is 0.0753. The molecule has 2 fully saturated rings. The Morgan fingerprint density at radius 2 is 1.11 bits per heavy atom. The molecular formula is C36H61NO. The highest BCUT2D eigenvalue weighted by Crippen LogP contribution is 2.59. The first-order valence-electron chi connectivity index (χ1n) is 17.1. The summed E-state index contributed by atoms with van der Waals surface area (Å²) in [6.45, 7) is 7.78. The summed E-state index contributed by atoms with van der Waals surface area (Å²) in [6.07, 6.45) is 30.4. The lowest BCUT2D eigenvalue weighted by atomic mass is 9.78. The molecule has 38 heavy (non-hydrogen) atoms. The van der Waals surface area contributed by atoms with Gasteiger partial charge in [0.1, 0.15) is 0 Å². The van der Waals surface area contributed by atoms with Gasteiger partial charge in [0, 0.05) is 12.5 Å². The monoisotopic (exact) mass is 523 g/mol. The second kappa shape index (κ2) is 17.4. The third-order valence-electron chi connectivity index (χ3n) is 9.67. The summed E-state index contributed by atoms with van der Waals surface area (Å²) in [4.78, 5) is 12.8. The van der Waals surface area contributed by atoms with Gasteiger partial charge in [0.25, 0.3) is 0 Å². The zero-order valence-electron chi connectivity index (χ0n) is 25.6. The summed E-state index contributed by atoms with van der Waals surface area (Å²) in [5, 5.41) is 3.26. The van der Waals surface area contributed by atoms with E-state index in [-0.39, 0.29) is 5.41 Å². The van der Waals surface area contributed by atoms with Crippen LogP contribution in [0.5, 0.6) is 0 Å². The average molecular weight is 524 g/mol. The van der Waals surface area contributed by atoms with Gasteiger partial charge in [0.05, 0.1) is 5.41 Å². The van der Waals surface area contributed by atoms with E-state index < -0.39 is 0 Å². The van der Waals surface area contributed by atoms with Crippen LogP contribution in [-0.2, 0) is 24.1 Å². The van der Waals surface area contributed by atoms with Gasteiger partial charge in [-0.25, -0.2) is 0 Å². The topological polar surface area (TPSA) is 29.1 Å². The number of rotatable bonds is 22. The molecule has 1 heterocycles. The highest BCUT2D eigenvalue weighted by molar-refractivity contribution is 5.89. The third-order valence-corrected chi connectivity index (χ3v) is 9.67. The highest BCUT2D eigenvalue weighted by atomic mass is 16.2. The summed E-state index contributed by atoms with van der Waals surface area (Å²) in [5.74, 6) is 0.734. The molecule has 1 aromatic rings. The molecule has 1 saturated heterocycles. The van der Waals surface area contributed by atoms with Crippen molar-refractivity contribution in [2.24, 2.45) is 5.41 Å². The Hall–Kier alpha value is -1.31. The van der Waals surface area contributed by atoms with Gasteiger partial charge >= 0.3 is 0 Å². The van der Waals surface area contributed by atoms with E-state index in [1.54, 1.807) is 22.3 Å². The fourth-order valence-electron chi connectivity index (χ4n) is 7.03. The van der Waals surface area contributed by atoms with Gasteiger partial charge in [-0.3, -0.25) is 4.79 Å². The first-order valence-corrected chi connectivity index (χ1v) is 17.1. The Labute approximate surface area is 236 Å². The molecule has 0 bridgehead atoms. The number of amides is 1. The molecule has 1 spiro atoms. The number of carbonyl (C=O) groups excluding carboxylic acids is 1. The lowest BCUT2D eigenvalue weighted by molar-refractivity contribution is -0.123. The summed E-state index contributed by atoms with van der Waals surface area (Å²) in [7, 11) is 0. The van der Waals surface area contributed by atoms with Crippen molar-refractivity contribution in [3.63, 3.8) is 0 Å². The average Bonchev–Trinajstić information content (AvgIpc) is 3.66. The molecule has 1 aliphatic heterocycles. The van der Waals surface area contributed by atoms with Crippen LogP contribution < -0.4 is 5.32 Å². The number of carbonyl (C=O) groups is 1. The zero-order chi connectivity index (χ0) is 27.1. The predicted molar refractivity (Wildman–Crippen MR) is 165 cm³/mol. The van der Waals surface area contributed by atoms with Crippen molar-refractivity contribution >= 4 is 5.91 Å². The van der Waals surface area contributed by atoms with E-state index in [1.807, 2.05) is 0 Å². The normalized spacial score (nSPS) is 17.9. The molecule has 1 N–H and O–H groups in total. The van der Waals surface area contributed by atoms with E-state index in [9.17, 15) is 4.79 Å². The number of hydrogen-bond donors (Lipinski definition) is 1. The summed E-state index contributed by atoms with van der Waals surface area (Å²) >= 11 is 0. The van der Waals surface area contributed by atoms with E-state index in [0.717, 1.165) is 19.4 Å². The second-order valence-electron chi connectivity index (χ2n) is 12.7. The number of nitrogens with one attached hydrogen (secondary N) is 1. The first-order chi connectivity index (χ1) is 18.7. The van der Waals surface area contributed by atoms with Crippen molar-refractivity contribution in [2.45, 2.75) is 174 Å². The standard InChI is InChI=1S/C36H61NO/c1-4-7-10-13-16-19-22-30-25-26-33(34-29-37-35(38)36(34)27-28-36)32(24-21-18-15-12-9-6-3)31(30)23-20-17-14-11-8-5-2/h25-26,34H,4-24,27-29H2,1-3H3,(H,37,38). The van der Waals surface area contributed by atoms with Crippen LogP contribution in [-0.4, -0.2) is 12.5 Å². The van der Waals surface area contributed by atoms with Crippen LogP contribution in [0.25, 0.3) is 0 Å². The molecule has 216 valence electrons. The Bertz CT molecular complexity index is 808. The molecule has 1 amide bonds. The summed E-state index contributed by atoms with van der Waals surface area (Å²) in [5.41, 5.74) is 6.48. The van der Waals surface area contributed by atoms with Crippen molar-refractivity contribution < 1.29 is 4.79 Å². The van der Waals surface area contributed by atoms with Gasteiger partial charge in [0.2, 0.25) is 5.91 Å². The van der Waals surface area contributed by atoms with Crippen LogP contribution in [0.4, 0.5) is 0 Å². The summed E-state index contributed by atoms with van der Waals surface area (Å²) < 4.78 is 0. The maximum Gasteiger partial charge on any atom is 0.226 e. The van der Waals surface area contributed by atoms with Gasteiger partial charge in [-0.1, -0.05) is 129 Å². The van der Waals surface area contributed by atoms with Crippen molar-refractivity contribution in [1.29, 1.82) is 0 Å². The van der Waals surface area contributed by atoms with E-state index in [0.29, 0.717) is 11.8 Å². The molecule has 2 heteroatoms. The van der Waals surface area contributed by atoms with Gasteiger partial charge < -0.3 is 5.32 Å². The van der Waals surface area contributed by atoms with E-state index in [1.165, 1.54) is 135 Å². The highest BCUT2D eigenvalue weighted by Gasteiger charge is 2.59. The predicted octanol–water partition coefficient (Wildman–Crippen LogP) is 10.4. The molecule has 2 aliphatic rings. The van der Waals surface area contributed by atoms with Crippen LogP contribution >= 0.6 is 0 Å². The van der Waals surface area contributed by atoms with E-state index >= 15 is 0 Å². The quantitative estimate of drug-likeness (QED) is 0.150. The van der Waals surface area contributed by atoms with E-state index in [4.69, 9.17) is 0 Å². The van der Waals surface area contributed by atoms with Gasteiger partial charge in [-0.05, 0) is 73.6 Å². The maximum atomic E-state index is 12.8. The number of unbranched alkanes of at least 4 members (excludes halogenated alkanes) is 15. The molecule has 0 radical (unpaired) electrons. The van der Waals surface area contributed by atoms with Crippen molar-refractivity contribution in [3.05, 3.63) is 34.4 Å². The number of hydrogen-bond acceptors (Lipinski definition) is 1. The maximum absolute atomic E-state index is 12.8. The fraction of sp³-hybridized carbons (Fsp3) is 0.806. The lowest BCUT2D eigenvalue weighted by Gasteiger charge is -2.25. The minimum atomic E-state index is -0.0753. The molecule has 1 atom stereocenters. The Balaban J connectivity index is 1.78. The van der Waals surface area contributed by atoms with Crippen LogP contribution in [0.15, 0.2) is 12.1 Å². The number of benzene rings is 1. The zero-order valence-corrected chi connectivity index (χ0v) is 25.6. The molecule has 2 nitrogen and oxygen atoms in total. The largest absolute Gasteiger partial charge is 0.355 e. The van der Waals surface area contributed by atoms with Crippen LogP contribution in [0.3, 0.4) is 0 Å². The molecule has 1 unspecified atom stereocenters. The molecule has 1 aromatic carbocycles. The van der Waals surface area contributed by atoms with E-state index in [2.05, 4.69) is 38.2 Å². The molecule has 0 aromatic heterocycles. The lowest BCUT2D eigenvalue weighted by Crippen LogP contribution is -2.21. The Morgan fingerprint density at radius 1 is 0.632 bits per heavy atom. The Kier molecular flexibility index (Phi) is 14.3. The fourth-order valence-corrected chi connectivity index (χ4v) is 7.03. The van der Waals surface area contributed by atoms with Gasteiger partial charge in [0.15, 0.2) is 0 Å². The van der Waals surface area contributed by atoms with Gasteiger partial charge in [-0.15, -0.1) is 0 Å². The third kappa shape index (κ3) is 9.12. The van der Waals surface area contributed by atoms with Crippen molar-refractivity contribution in [1.82, 2.24) is 5.32 Å². The van der Waals surface area contributed by atoms with Crippen molar-refractivity contribution in [3.8, 4) is 0 Å². The second-order valence-corrected chi connectivity index (χ2v) is 12.7. The van der Waals surface area contributed by atoms with Crippen LogP contribution in [0.1, 0.15) is 177 Å². The van der Waals surface area contributed by atoms with Crippen molar-refractivity contribution in [2.75, 3.05) is 6.54 Å². The SMILES string of the molecule is CCCCCCCCc1ccc(C2CNC(=O)C23CC3)c(CCCCCCCC)c1CCCCCCCC. The molecule has 1 saturated carbocycles. The Morgan fingerprint density at radius 3 is 1.63 bits per heavy atom. The van der Waals surface area contributed by atoms with Crippen LogP contribution in [0.2, 0.25) is 0 Å². The first kappa shape index (κ1) is 31.2. The van der Waals surface area contributed by atoms with Crippen LogP contribution in [0, 0.1) is 5.41 Å².